The van der Waals surface area contributed by atoms with Crippen molar-refractivity contribution >= 4 is 68.7 Å². The van der Waals surface area contributed by atoms with E-state index in [0.717, 1.165) is 24.7 Å². The Kier molecular flexibility index (Phi) is 8.57. The molecule has 174 valence electrons. The van der Waals surface area contributed by atoms with Gasteiger partial charge in [0.25, 0.3) is 0 Å². The molecule has 1 aromatic heterocycles. The van der Waals surface area contributed by atoms with Gasteiger partial charge in [0.05, 0.1) is 11.4 Å². The number of aromatic nitrogens is 1. The van der Waals surface area contributed by atoms with Crippen molar-refractivity contribution in [3.05, 3.63) is 67.0 Å². The second kappa shape index (κ2) is 11.6. The largest absolute Gasteiger partial charge is 0.347 e. The number of benzene rings is 2. The van der Waals surface area contributed by atoms with Crippen LogP contribution < -0.4 is 16.0 Å². The first-order valence-electron chi connectivity index (χ1n) is 10.0. The molecule has 12 heteroatoms. The highest BCUT2D eigenvalue weighted by atomic mass is 127. The molecule has 0 saturated carbocycles. The molecule has 0 radical (unpaired) electrons. The summed E-state index contributed by atoms with van der Waals surface area (Å²) in [5, 5.41) is 12.2. The Balaban J connectivity index is 1.56. The summed E-state index contributed by atoms with van der Waals surface area (Å²) in [6.07, 6.45) is 0.522. The third-order valence-electron chi connectivity index (χ3n) is 4.52. The van der Waals surface area contributed by atoms with Gasteiger partial charge in [-0.05, 0) is 59.3 Å². The van der Waals surface area contributed by atoms with E-state index >= 15 is 0 Å². The Morgan fingerprint density at radius 2 is 1.85 bits per heavy atom. The lowest BCUT2D eigenvalue weighted by Gasteiger charge is -2.08. The maximum absolute atomic E-state index is 12.2. The van der Waals surface area contributed by atoms with Crippen molar-refractivity contribution in [2.45, 2.75) is 20.3 Å². The molecule has 10 nitrogen and oxygen atoms in total. The predicted molar refractivity (Wildman–Crippen MR) is 140 cm³/mol. The van der Waals surface area contributed by atoms with E-state index in [1.54, 1.807) is 30.3 Å². The van der Waals surface area contributed by atoms with Gasteiger partial charge in [-0.1, -0.05) is 23.3 Å². The molecule has 0 aliphatic carbocycles. The Bertz CT molecular complexity index is 1300. The van der Waals surface area contributed by atoms with E-state index in [9.17, 15) is 14.4 Å². The summed E-state index contributed by atoms with van der Waals surface area (Å²) in [5.41, 5.74) is 11.8. The van der Waals surface area contributed by atoms with E-state index < -0.39 is 11.8 Å². The molecule has 0 saturated heterocycles. The first-order chi connectivity index (χ1) is 16.3. The summed E-state index contributed by atoms with van der Waals surface area (Å²) in [6.45, 7) is 3.55. The minimum absolute atomic E-state index is 0.234. The fraction of sp³-hybridized carbons (Fsp3) is 0.182. The van der Waals surface area contributed by atoms with E-state index in [4.69, 9.17) is 5.53 Å². The molecule has 3 N–H and O–H groups in total. The first-order valence-corrected chi connectivity index (χ1v) is 11.9. The van der Waals surface area contributed by atoms with Crippen molar-refractivity contribution in [3.8, 4) is 10.6 Å². The van der Waals surface area contributed by atoms with Gasteiger partial charge in [0.2, 0.25) is 5.91 Å². The van der Waals surface area contributed by atoms with Crippen LogP contribution in [-0.2, 0) is 20.8 Å². The molecule has 0 aliphatic rings. The molecule has 3 rings (SSSR count). The van der Waals surface area contributed by atoms with E-state index in [0.29, 0.717) is 23.5 Å². The number of nitrogens with zero attached hydrogens (tertiary/aromatic N) is 4. The lowest BCUT2D eigenvalue weighted by atomic mass is 10.2. The average Bonchev–Trinajstić information content (AvgIpc) is 3.15. The summed E-state index contributed by atoms with van der Waals surface area (Å²) < 4.78 is 0.822. The number of hydrogen-bond donors (Lipinski definition) is 3. The Labute approximate surface area is 212 Å². The van der Waals surface area contributed by atoms with Crippen molar-refractivity contribution < 1.29 is 14.4 Å². The number of halogens is 1. The SMILES string of the molecule is CC(=O)Nc1cccc(NC(=O)C(=O)NCCc2sc(-c3ccc(N=[N+]=[N-])c(I)c3)nc2C)c1. The molecule has 0 bridgehead atoms. The normalized spacial score (nSPS) is 10.2. The van der Waals surface area contributed by atoms with Crippen LogP contribution >= 0.6 is 33.9 Å². The van der Waals surface area contributed by atoms with Crippen molar-refractivity contribution in [3.63, 3.8) is 0 Å². The lowest BCUT2D eigenvalue weighted by Crippen LogP contribution is -2.36. The number of thiazole rings is 1. The average molecular weight is 589 g/mol. The minimum Gasteiger partial charge on any atom is -0.347 e. The van der Waals surface area contributed by atoms with Gasteiger partial charge in [-0.2, -0.15) is 0 Å². The topological polar surface area (TPSA) is 149 Å². The number of carbonyl (C=O) groups excluding carboxylic acids is 3. The maximum atomic E-state index is 12.2. The molecule has 3 aromatic rings. The summed E-state index contributed by atoms with van der Waals surface area (Å²) in [6, 6.07) is 12.0. The van der Waals surface area contributed by atoms with Crippen LogP contribution in [0.25, 0.3) is 21.0 Å². The highest BCUT2D eigenvalue weighted by Crippen LogP contribution is 2.32. The Morgan fingerprint density at radius 1 is 1.12 bits per heavy atom. The Morgan fingerprint density at radius 3 is 2.53 bits per heavy atom. The molecule has 34 heavy (non-hydrogen) atoms. The summed E-state index contributed by atoms with van der Waals surface area (Å²) >= 11 is 3.62. The zero-order valence-corrected chi connectivity index (χ0v) is 21.2. The number of hydrogen-bond acceptors (Lipinski definition) is 6. The quantitative estimate of drug-likeness (QED) is 0.118. The van der Waals surface area contributed by atoms with Crippen molar-refractivity contribution in [2.75, 3.05) is 17.2 Å². The Hall–Kier alpha value is -3.48. The van der Waals surface area contributed by atoms with Crippen LogP contribution in [0, 0.1) is 10.5 Å². The zero-order chi connectivity index (χ0) is 24.7. The summed E-state index contributed by atoms with van der Waals surface area (Å²) in [7, 11) is 0. The molecule has 0 fully saturated rings. The molecule has 0 spiro atoms. The number of anilines is 2. The molecule has 3 amide bonds. The number of nitrogens with one attached hydrogen (secondary N) is 3. The lowest BCUT2D eigenvalue weighted by molar-refractivity contribution is -0.136. The maximum Gasteiger partial charge on any atom is 0.313 e. The molecular weight excluding hydrogens is 569 g/mol. The van der Waals surface area contributed by atoms with Gasteiger partial charge in [-0.15, -0.1) is 11.3 Å². The van der Waals surface area contributed by atoms with Gasteiger partial charge in [0, 0.05) is 50.2 Å². The zero-order valence-electron chi connectivity index (χ0n) is 18.3. The number of azide groups is 1. The van der Waals surface area contributed by atoms with Crippen LogP contribution in [0.2, 0.25) is 0 Å². The van der Waals surface area contributed by atoms with Crippen molar-refractivity contribution in [1.29, 1.82) is 0 Å². The van der Waals surface area contributed by atoms with Crippen molar-refractivity contribution in [2.24, 2.45) is 5.11 Å². The smallest absolute Gasteiger partial charge is 0.313 e. The standard InChI is InChI=1S/C22H20IN7O3S/c1-12-19(34-22(26-12)14-6-7-18(29-30-24)17(23)10-14)8-9-25-20(32)21(33)28-16-5-3-4-15(11-16)27-13(2)31/h3-7,10-11H,8-9H2,1-2H3,(H,25,32)(H,27,31)(H,28,33). The highest BCUT2D eigenvalue weighted by molar-refractivity contribution is 14.1. The first kappa shape index (κ1) is 25.1. The van der Waals surface area contributed by atoms with Gasteiger partial charge >= 0.3 is 11.8 Å². The van der Waals surface area contributed by atoms with Gasteiger partial charge in [0.15, 0.2) is 0 Å². The second-order valence-electron chi connectivity index (χ2n) is 7.11. The number of aryl methyl sites for hydroxylation is 1. The van der Waals surface area contributed by atoms with E-state index in [1.807, 2.05) is 19.1 Å². The van der Waals surface area contributed by atoms with Crippen LogP contribution in [0.5, 0.6) is 0 Å². The van der Waals surface area contributed by atoms with Crippen LogP contribution in [0.15, 0.2) is 47.6 Å². The van der Waals surface area contributed by atoms with Crippen LogP contribution in [0.3, 0.4) is 0 Å². The molecule has 0 aliphatic heterocycles. The van der Waals surface area contributed by atoms with Gasteiger partial charge in [0.1, 0.15) is 5.01 Å². The molecule has 0 atom stereocenters. The number of carbonyl (C=O) groups is 3. The monoisotopic (exact) mass is 589 g/mol. The number of rotatable bonds is 7. The van der Waals surface area contributed by atoms with E-state index in [-0.39, 0.29) is 12.5 Å². The molecule has 1 heterocycles. The summed E-state index contributed by atoms with van der Waals surface area (Å²) in [5.74, 6) is -1.78. The molecule has 0 unspecified atom stereocenters. The van der Waals surface area contributed by atoms with Crippen LogP contribution in [0.4, 0.5) is 17.1 Å². The number of amides is 3. The third-order valence-corrected chi connectivity index (χ3v) is 6.65. The van der Waals surface area contributed by atoms with Crippen LogP contribution in [-0.4, -0.2) is 29.3 Å². The highest BCUT2D eigenvalue weighted by Gasteiger charge is 2.15. The van der Waals surface area contributed by atoms with Gasteiger partial charge < -0.3 is 16.0 Å². The third kappa shape index (κ3) is 6.76. The second-order valence-corrected chi connectivity index (χ2v) is 9.35. The van der Waals surface area contributed by atoms with E-state index in [1.165, 1.54) is 18.3 Å². The van der Waals surface area contributed by atoms with Gasteiger partial charge in [-0.25, -0.2) is 4.98 Å². The van der Waals surface area contributed by atoms with Gasteiger partial charge in [-0.3, -0.25) is 14.4 Å². The fourth-order valence-electron chi connectivity index (χ4n) is 2.99. The van der Waals surface area contributed by atoms with Crippen molar-refractivity contribution in [1.82, 2.24) is 10.3 Å². The van der Waals surface area contributed by atoms with E-state index in [2.05, 4.69) is 53.6 Å². The molecule has 2 aromatic carbocycles. The molecular formula is C22H20IN7O3S. The minimum atomic E-state index is -0.795. The van der Waals surface area contributed by atoms with Crippen LogP contribution in [0.1, 0.15) is 17.5 Å². The fourth-order valence-corrected chi connectivity index (χ4v) is 4.67. The predicted octanol–water partition coefficient (Wildman–Crippen LogP) is 4.92. The summed E-state index contributed by atoms with van der Waals surface area (Å²) in [4.78, 5) is 44.0.